The number of fused-ring (bicyclic) bond motifs is 1. The van der Waals surface area contributed by atoms with E-state index in [1.54, 1.807) is 0 Å². The first-order valence-corrected chi connectivity index (χ1v) is 5.04. The van der Waals surface area contributed by atoms with E-state index in [4.69, 9.17) is 0 Å². The molecule has 2 heteroatoms. The molecule has 1 aliphatic rings. The van der Waals surface area contributed by atoms with Crippen molar-refractivity contribution in [3.05, 3.63) is 27.5 Å². The third-order valence-electron chi connectivity index (χ3n) is 2.50. The van der Waals surface area contributed by atoms with Crippen LogP contribution in [0, 0.1) is 0 Å². The second-order valence-corrected chi connectivity index (χ2v) is 4.14. The predicted octanol–water partition coefficient (Wildman–Crippen LogP) is 3.14. The van der Waals surface area contributed by atoms with Gasteiger partial charge in [-0.3, -0.25) is 0 Å². The minimum atomic E-state index is 1.13. The second-order valence-electron chi connectivity index (χ2n) is 3.28. The molecule has 0 N–H and O–H groups in total. The molecule has 1 aliphatic carbocycles. The van der Waals surface area contributed by atoms with E-state index in [1.807, 2.05) is 0 Å². The molecule has 2 rings (SSSR count). The summed E-state index contributed by atoms with van der Waals surface area (Å²) in [6.07, 6.45) is 6.74. The molecule has 0 saturated heterocycles. The Morgan fingerprint density at radius 1 is 1.58 bits per heavy atom. The molecule has 0 fully saturated rings. The van der Waals surface area contributed by atoms with Gasteiger partial charge in [-0.25, -0.2) is 0 Å². The van der Waals surface area contributed by atoms with Gasteiger partial charge >= 0.3 is 0 Å². The van der Waals surface area contributed by atoms with Crippen molar-refractivity contribution in [2.24, 2.45) is 7.05 Å². The number of aryl methyl sites for hydroxylation is 1. The van der Waals surface area contributed by atoms with Gasteiger partial charge < -0.3 is 4.57 Å². The lowest BCUT2D eigenvalue weighted by atomic mass is 10.2. The summed E-state index contributed by atoms with van der Waals surface area (Å²) in [7, 11) is 2.11. The van der Waals surface area contributed by atoms with E-state index in [0.717, 1.165) is 6.42 Å². The molecule has 0 unspecified atom stereocenters. The van der Waals surface area contributed by atoms with Crippen LogP contribution in [0.2, 0.25) is 0 Å². The smallest absolute Gasteiger partial charge is 0.0427 e. The lowest BCUT2D eigenvalue weighted by molar-refractivity contribution is 0.841. The Labute approximate surface area is 81.2 Å². The quantitative estimate of drug-likeness (QED) is 0.693. The number of allylic oxidation sites excluding steroid dienone is 1. The highest BCUT2D eigenvalue weighted by molar-refractivity contribution is 9.10. The highest BCUT2D eigenvalue weighted by atomic mass is 79.9. The molecule has 0 spiro atoms. The van der Waals surface area contributed by atoms with Crippen LogP contribution in [0.3, 0.4) is 0 Å². The van der Waals surface area contributed by atoms with Gasteiger partial charge in [-0.05, 0) is 22.4 Å². The summed E-state index contributed by atoms with van der Waals surface area (Å²) in [6.45, 7) is 2.21. The summed E-state index contributed by atoms with van der Waals surface area (Å²) >= 11 is 3.56. The fraction of sp³-hybridized carbons (Fsp3) is 0.400. The van der Waals surface area contributed by atoms with Crippen molar-refractivity contribution >= 4 is 22.0 Å². The number of rotatable bonds is 1. The van der Waals surface area contributed by atoms with Crippen molar-refractivity contribution in [1.29, 1.82) is 0 Å². The fourth-order valence-electron chi connectivity index (χ4n) is 1.71. The van der Waals surface area contributed by atoms with Crippen LogP contribution < -0.4 is 0 Å². The van der Waals surface area contributed by atoms with Gasteiger partial charge in [0.25, 0.3) is 0 Å². The monoisotopic (exact) mass is 225 g/mol. The standard InChI is InChI=1S/C10H12BrN/c1-3-7-4-8-9(11)6-12(2)10(8)5-7/h4,6H,3,5H2,1-2H3. The fourth-order valence-corrected chi connectivity index (χ4v) is 2.37. The van der Waals surface area contributed by atoms with Crippen molar-refractivity contribution in [2.75, 3.05) is 0 Å². The van der Waals surface area contributed by atoms with Gasteiger partial charge in [0, 0.05) is 35.4 Å². The maximum absolute atomic E-state index is 3.56. The molecule has 1 aromatic rings. The first kappa shape index (κ1) is 8.11. The third kappa shape index (κ3) is 1.06. The van der Waals surface area contributed by atoms with E-state index in [9.17, 15) is 0 Å². The molecular formula is C10H12BrN. The van der Waals surface area contributed by atoms with E-state index in [2.05, 4.69) is 46.7 Å². The molecule has 1 nitrogen and oxygen atoms in total. The van der Waals surface area contributed by atoms with Crippen LogP contribution in [0.5, 0.6) is 0 Å². The predicted molar refractivity (Wildman–Crippen MR) is 55.1 cm³/mol. The molecule has 0 bridgehead atoms. The maximum Gasteiger partial charge on any atom is 0.0427 e. The summed E-state index contributed by atoms with van der Waals surface area (Å²) in [6, 6.07) is 0. The Bertz CT molecular complexity index is 347. The van der Waals surface area contributed by atoms with Crippen LogP contribution in [0.25, 0.3) is 6.08 Å². The molecule has 64 valence electrons. The van der Waals surface area contributed by atoms with Gasteiger partial charge in [0.15, 0.2) is 0 Å². The molecule has 1 aromatic heterocycles. The van der Waals surface area contributed by atoms with Gasteiger partial charge in [0.1, 0.15) is 0 Å². The molecule has 0 aliphatic heterocycles. The first-order valence-electron chi connectivity index (χ1n) is 4.25. The summed E-state index contributed by atoms with van der Waals surface area (Å²) in [4.78, 5) is 0. The van der Waals surface area contributed by atoms with Crippen LogP contribution in [-0.2, 0) is 13.5 Å². The lowest BCUT2D eigenvalue weighted by Crippen LogP contribution is -1.93. The van der Waals surface area contributed by atoms with Gasteiger partial charge in [0.2, 0.25) is 0 Å². The minimum Gasteiger partial charge on any atom is -0.352 e. The van der Waals surface area contributed by atoms with Crippen LogP contribution >= 0.6 is 15.9 Å². The number of hydrogen-bond acceptors (Lipinski definition) is 0. The van der Waals surface area contributed by atoms with Crippen LogP contribution in [-0.4, -0.2) is 4.57 Å². The average Bonchev–Trinajstić information content (AvgIpc) is 2.55. The van der Waals surface area contributed by atoms with Gasteiger partial charge in [-0.15, -0.1) is 0 Å². The summed E-state index contributed by atoms with van der Waals surface area (Å²) in [5.74, 6) is 0. The molecule has 0 saturated carbocycles. The average molecular weight is 226 g/mol. The second kappa shape index (κ2) is 2.77. The highest BCUT2D eigenvalue weighted by Gasteiger charge is 2.17. The van der Waals surface area contributed by atoms with E-state index in [-0.39, 0.29) is 0 Å². The Morgan fingerprint density at radius 2 is 2.33 bits per heavy atom. The Hall–Kier alpha value is -0.500. The van der Waals surface area contributed by atoms with Crippen molar-refractivity contribution in [3.63, 3.8) is 0 Å². The molecule has 1 heterocycles. The number of hydrogen-bond donors (Lipinski definition) is 0. The molecule has 12 heavy (non-hydrogen) atoms. The third-order valence-corrected chi connectivity index (χ3v) is 3.13. The number of aromatic nitrogens is 1. The Kier molecular flexibility index (Phi) is 1.87. The SMILES string of the molecule is CCC1=Cc2c(Br)cn(C)c2C1. The molecule has 0 atom stereocenters. The van der Waals surface area contributed by atoms with E-state index >= 15 is 0 Å². The van der Waals surface area contributed by atoms with Gasteiger partial charge in [-0.1, -0.05) is 18.6 Å². The van der Waals surface area contributed by atoms with E-state index in [1.165, 1.54) is 27.7 Å². The number of nitrogens with zero attached hydrogens (tertiary/aromatic N) is 1. The van der Waals surface area contributed by atoms with Gasteiger partial charge in [-0.2, -0.15) is 0 Å². The van der Waals surface area contributed by atoms with Crippen molar-refractivity contribution in [1.82, 2.24) is 4.57 Å². The van der Waals surface area contributed by atoms with E-state index < -0.39 is 0 Å². The zero-order chi connectivity index (χ0) is 8.72. The Balaban J connectivity index is 2.48. The normalized spacial score (nSPS) is 14.8. The van der Waals surface area contributed by atoms with Crippen LogP contribution in [0.15, 0.2) is 16.2 Å². The summed E-state index contributed by atoms with van der Waals surface area (Å²) in [5.41, 5.74) is 4.37. The van der Waals surface area contributed by atoms with Crippen molar-refractivity contribution in [3.8, 4) is 0 Å². The van der Waals surface area contributed by atoms with Gasteiger partial charge in [0.05, 0.1) is 0 Å². The topological polar surface area (TPSA) is 4.93 Å². The zero-order valence-corrected chi connectivity index (χ0v) is 8.98. The Morgan fingerprint density at radius 3 is 2.92 bits per heavy atom. The van der Waals surface area contributed by atoms with E-state index in [0.29, 0.717) is 0 Å². The molecular weight excluding hydrogens is 214 g/mol. The largest absolute Gasteiger partial charge is 0.352 e. The highest BCUT2D eigenvalue weighted by Crippen LogP contribution is 2.33. The minimum absolute atomic E-state index is 1.13. The van der Waals surface area contributed by atoms with Crippen LogP contribution in [0.1, 0.15) is 24.6 Å². The lowest BCUT2D eigenvalue weighted by Gasteiger charge is -1.99. The maximum atomic E-state index is 3.56. The number of halogens is 1. The summed E-state index contributed by atoms with van der Waals surface area (Å²) < 4.78 is 3.43. The summed E-state index contributed by atoms with van der Waals surface area (Å²) in [5, 5.41) is 0. The molecule has 0 radical (unpaired) electrons. The molecule has 0 aromatic carbocycles. The molecule has 0 amide bonds. The van der Waals surface area contributed by atoms with Crippen molar-refractivity contribution < 1.29 is 0 Å². The first-order chi connectivity index (χ1) is 5.72. The zero-order valence-electron chi connectivity index (χ0n) is 7.39. The van der Waals surface area contributed by atoms with Crippen LogP contribution in [0.4, 0.5) is 0 Å². The van der Waals surface area contributed by atoms with Crippen molar-refractivity contribution in [2.45, 2.75) is 19.8 Å².